The molecule has 1 aromatic rings. The summed E-state index contributed by atoms with van der Waals surface area (Å²) in [6, 6.07) is 0. The van der Waals surface area contributed by atoms with Gasteiger partial charge in [-0.2, -0.15) is 4.98 Å². The van der Waals surface area contributed by atoms with Gasteiger partial charge in [-0.25, -0.2) is 46.1 Å². The van der Waals surface area contributed by atoms with Gasteiger partial charge < -0.3 is 0 Å². The highest BCUT2D eigenvalue weighted by atomic mass is 32.2. The van der Waals surface area contributed by atoms with Gasteiger partial charge in [-0.3, -0.25) is 0 Å². The van der Waals surface area contributed by atoms with Crippen molar-refractivity contribution in [1.82, 2.24) is 14.7 Å². The molecule has 170 valence electrons. The first-order chi connectivity index (χ1) is 15.0. The first kappa shape index (κ1) is 23.8. The quantitative estimate of drug-likeness (QED) is 0.600. The third-order valence-electron chi connectivity index (χ3n) is 4.29. The Bertz CT molecular complexity index is 1310. The summed E-state index contributed by atoms with van der Waals surface area (Å²) in [5.41, 5.74) is 1.87. The van der Waals surface area contributed by atoms with Gasteiger partial charge >= 0.3 is 0 Å². The molecule has 0 amide bonds. The first-order valence-corrected chi connectivity index (χ1v) is 12.7. The van der Waals surface area contributed by atoms with Gasteiger partial charge in [0.15, 0.2) is 11.6 Å². The molecule has 10 nitrogen and oxygen atoms in total. The third kappa shape index (κ3) is 7.09. The molecule has 0 bridgehead atoms. The highest BCUT2D eigenvalue weighted by Gasteiger charge is 2.15. The number of rotatable bonds is 7. The number of nitrogens with one attached hydrogen (secondary N) is 1. The fourth-order valence-corrected chi connectivity index (χ4v) is 4.48. The number of nitrogens with two attached hydrogens (primary N) is 1. The second-order valence-electron chi connectivity index (χ2n) is 7.00. The average Bonchev–Trinajstić information content (AvgIpc) is 2.69. The van der Waals surface area contributed by atoms with Gasteiger partial charge in [0.05, 0.1) is 29.1 Å². The maximum atomic E-state index is 14.2. The average molecular weight is 481 g/mol. The van der Waals surface area contributed by atoms with Crippen LogP contribution in [-0.2, 0) is 20.0 Å². The zero-order valence-corrected chi connectivity index (χ0v) is 18.7. The smallest absolute Gasteiger partial charge is 0.228 e. The molecule has 13 heteroatoms. The summed E-state index contributed by atoms with van der Waals surface area (Å²) in [6.07, 6.45) is 11.6. The summed E-state index contributed by atoms with van der Waals surface area (Å²) < 4.78 is 62.6. The van der Waals surface area contributed by atoms with E-state index in [4.69, 9.17) is 5.14 Å². The zero-order chi connectivity index (χ0) is 23.4. The molecule has 32 heavy (non-hydrogen) atoms. The van der Waals surface area contributed by atoms with Crippen LogP contribution in [0.1, 0.15) is 12.8 Å². The molecule has 0 saturated heterocycles. The molecule has 0 aromatic carbocycles. The van der Waals surface area contributed by atoms with Crippen LogP contribution in [0.5, 0.6) is 0 Å². The lowest BCUT2D eigenvalue weighted by Crippen LogP contribution is -2.23. The van der Waals surface area contributed by atoms with Crippen molar-refractivity contribution >= 4 is 43.2 Å². The number of halogens is 1. The highest BCUT2D eigenvalue weighted by molar-refractivity contribution is 7.89. The van der Waals surface area contributed by atoms with Gasteiger partial charge in [-0.15, -0.1) is 0 Å². The normalized spacial score (nSPS) is 19.3. The molecule has 0 unspecified atom stereocenters. The third-order valence-corrected chi connectivity index (χ3v) is 6.44. The molecule has 2 aliphatic rings. The van der Waals surface area contributed by atoms with Crippen molar-refractivity contribution in [2.24, 2.45) is 15.1 Å². The standard InChI is InChI=1S/C19H21FN6O4S2/c1-22-32(29,30)12-14-5-3-6-15(9-14)24-18-17(20)10-23-19(26-18)25-16-7-2-4-13(8-16)11-31(21,27)28/h2-3,6-10,22H,4-5,11-12H2,1H3,(H2,21,27,28). The number of aromatic nitrogens is 2. The summed E-state index contributed by atoms with van der Waals surface area (Å²) in [7, 11) is -5.79. The Morgan fingerprint density at radius 1 is 1.03 bits per heavy atom. The molecular formula is C19H21FN6O4S2. The van der Waals surface area contributed by atoms with Gasteiger partial charge in [-0.1, -0.05) is 12.2 Å². The van der Waals surface area contributed by atoms with E-state index in [1.807, 2.05) is 0 Å². The summed E-state index contributed by atoms with van der Waals surface area (Å²) in [4.78, 5) is 16.2. The number of primary sulfonamides is 1. The fraction of sp³-hybridized carbons (Fsp3) is 0.263. The van der Waals surface area contributed by atoms with Crippen molar-refractivity contribution in [1.29, 1.82) is 0 Å². The van der Waals surface area contributed by atoms with Crippen molar-refractivity contribution in [3.8, 4) is 0 Å². The molecule has 0 fully saturated rings. The van der Waals surface area contributed by atoms with Crippen LogP contribution in [-0.4, -0.2) is 56.8 Å². The number of hydrogen-bond donors (Lipinski definition) is 2. The lowest BCUT2D eigenvalue weighted by molar-refractivity contribution is 0.590. The van der Waals surface area contributed by atoms with Crippen molar-refractivity contribution in [2.45, 2.75) is 12.8 Å². The van der Waals surface area contributed by atoms with Crippen LogP contribution in [0.2, 0.25) is 0 Å². The Morgan fingerprint density at radius 2 is 1.62 bits per heavy atom. The first-order valence-electron chi connectivity index (χ1n) is 9.36. The molecule has 2 aliphatic carbocycles. The van der Waals surface area contributed by atoms with E-state index in [-0.39, 0.29) is 23.3 Å². The van der Waals surface area contributed by atoms with E-state index < -0.39 is 25.9 Å². The van der Waals surface area contributed by atoms with Crippen LogP contribution in [0.15, 0.2) is 63.8 Å². The predicted molar refractivity (Wildman–Crippen MR) is 121 cm³/mol. The van der Waals surface area contributed by atoms with Gasteiger partial charge in [0.2, 0.25) is 20.0 Å². The summed E-state index contributed by atoms with van der Waals surface area (Å²) in [5, 5.41) is 5.08. The molecule has 0 saturated carbocycles. The minimum absolute atomic E-state index is 0.0692. The van der Waals surface area contributed by atoms with E-state index in [1.54, 1.807) is 36.5 Å². The van der Waals surface area contributed by atoms with Gasteiger partial charge in [0, 0.05) is 0 Å². The van der Waals surface area contributed by atoms with E-state index in [0.717, 1.165) is 6.20 Å². The van der Waals surface area contributed by atoms with Crippen LogP contribution in [0.25, 0.3) is 0 Å². The predicted octanol–water partition coefficient (Wildman–Crippen LogP) is 1.37. The summed E-state index contributed by atoms with van der Waals surface area (Å²) in [6.45, 7) is 0. The van der Waals surface area contributed by atoms with E-state index in [0.29, 0.717) is 35.4 Å². The number of allylic oxidation sites excluding steroid dienone is 6. The van der Waals surface area contributed by atoms with Crippen LogP contribution in [0.4, 0.5) is 16.2 Å². The Balaban J connectivity index is 1.88. The largest absolute Gasteiger partial charge is 0.252 e. The molecular weight excluding hydrogens is 459 g/mol. The van der Waals surface area contributed by atoms with E-state index in [2.05, 4.69) is 24.7 Å². The van der Waals surface area contributed by atoms with Crippen LogP contribution < -0.4 is 9.86 Å². The molecule has 0 spiro atoms. The molecule has 3 N–H and O–H groups in total. The summed E-state index contributed by atoms with van der Waals surface area (Å²) >= 11 is 0. The van der Waals surface area contributed by atoms with Crippen LogP contribution in [0, 0.1) is 5.82 Å². The molecule has 0 radical (unpaired) electrons. The number of hydrogen-bond acceptors (Lipinski definition) is 8. The Hall–Kier alpha value is -2.87. The maximum absolute atomic E-state index is 14.2. The van der Waals surface area contributed by atoms with E-state index in [9.17, 15) is 21.2 Å². The Morgan fingerprint density at radius 3 is 2.22 bits per heavy atom. The SMILES string of the molecule is CNS(=O)(=O)CC1=CC(=Nc2nc(N=C3C=CCC(CS(N)(=O)=O)=C3)ncc2F)C=CC1. The molecule has 0 aliphatic heterocycles. The monoisotopic (exact) mass is 480 g/mol. The van der Waals surface area contributed by atoms with Crippen molar-refractivity contribution < 1.29 is 21.2 Å². The fourth-order valence-electron chi connectivity index (χ4n) is 2.93. The second kappa shape index (κ2) is 9.73. The molecule has 1 heterocycles. The van der Waals surface area contributed by atoms with E-state index >= 15 is 0 Å². The zero-order valence-electron chi connectivity index (χ0n) is 17.1. The van der Waals surface area contributed by atoms with Gasteiger partial charge in [0.25, 0.3) is 5.95 Å². The summed E-state index contributed by atoms with van der Waals surface area (Å²) in [5.74, 6) is -1.61. The second-order valence-corrected chi connectivity index (χ2v) is 10.5. The Kier molecular flexibility index (Phi) is 7.23. The van der Waals surface area contributed by atoms with Gasteiger partial charge in [-0.05, 0) is 55.3 Å². The number of aliphatic imine (C=N–C) groups is 2. The van der Waals surface area contributed by atoms with Crippen molar-refractivity contribution in [3.05, 3.63) is 59.6 Å². The number of nitrogens with zero attached hydrogens (tertiary/aromatic N) is 4. The van der Waals surface area contributed by atoms with Crippen molar-refractivity contribution in [3.63, 3.8) is 0 Å². The molecule has 1 aromatic heterocycles. The van der Waals surface area contributed by atoms with Crippen LogP contribution in [0.3, 0.4) is 0 Å². The minimum Gasteiger partial charge on any atom is -0.228 e. The lowest BCUT2D eigenvalue weighted by atomic mass is 10.1. The lowest BCUT2D eigenvalue weighted by Gasteiger charge is -2.10. The maximum Gasteiger partial charge on any atom is 0.252 e. The van der Waals surface area contributed by atoms with Crippen molar-refractivity contribution in [2.75, 3.05) is 18.6 Å². The Labute approximate surface area is 185 Å². The molecule has 3 rings (SSSR count). The minimum atomic E-state index is -3.68. The molecule has 0 atom stereocenters. The van der Waals surface area contributed by atoms with E-state index in [1.165, 1.54) is 7.05 Å². The van der Waals surface area contributed by atoms with Crippen LogP contribution >= 0.6 is 0 Å². The number of sulfonamides is 2. The highest BCUT2D eigenvalue weighted by Crippen LogP contribution is 2.21. The van der Waals surface area contributed by atoms with Gasteiger partial charge in [0.1, 0.15) is 0 Å². The topological polar surface area (TPSA) is 157 Å².